The molecular formula is C58H99NO8. The Hall–Kier alpha value is -3.53. The zero-order valence-electron chi connectivity index (χ0n) is 43.5. The number of hydrogen-bond donors (Lipinski definition) is 0. The van der Waals surface area contributed by atoms with Gasteiger partial charge in [-0.2, -0.15) is 0 Å². The van der Waals surface area contributed by atoms with Crippen LogP contribution in [0.2, 0.25) is 0 Å². The fraction of sp³-hybridized carbons (Fsp3) is 0.707. The molecule has 0 radical (unpaired) electrons. The molecule has 0 aliphatic heterocycles. The largest absolute Gasteiger partial charge is 0.545 e. The first kappa shape index (κ1) is 63.5. The van der Waals surface area contributed by atoms with E-state index < -0.39 is 24.3 Å². The summed E-state index contributed by atoms with van der Waals surface area (Å²) in [4.78, 5) is 37.2. The number of carboxylic acids is 1. The van der Waals surface area contributed by atoms with Crippen molar-refractivity contribution in [2.24, 2.45) is 0 Å². The van der Waals surface area contributed by atoms with Crippen molar-refractivity contribution < 1.29 is 42.9 Å². The molecule has 0 rings (SSSR count). The van der Waals surface area contributed by atoms with Crippen molar-refractivity contribution in [3.8, 4) is 0 Å². The smallest absolute Gasteiger partial charge is 0.306 e. The van der Waals surface area contributed by atoms with E-state index in [4.69, 9.17) is 18.9 Å². The van der Waals surface area contributed by atoms with Crippen LogP contribution in [0.4, 0.5) is 0 Å². The molecule has 9 heteroatoms. The van der Waals surface area contributed by atoms with Gasteiger partial charge in [0.25, 0.3) is 0 Å². The number of carbonyl (C=O) groups is 3. The number of quaternary nitrogens is 1. The van der Waals surface area contributed by atoms with Crippen molar-refractivity contribution >= 4 is 17.9 Å². The molecule has 0 aliphatic rings. The van der Waals surface area contributed by atoms with Crippen LogP contribution in [0.3, 0.4) is 0 Å². The second-order valence-corrected chi connectivity index (χ2v) is 18.8. The third kappa shape index (κ3) is 50.2. The van der Waals surface area contributed by atoms with Crippen molar-refractivity contribution in [3.05, 3.63) is 85.1 Å². The van der Waals surface area contributed by atoms with E-state index in [0.29, 0.717) is 17.4 Å². The zero-order valence-corrected chi connectivity index (χ0v) is 43.5. The average Bonchev–Trinajstić information content (AvgIpc) is 3.29. The van der Waals surface area contributed by atoms with Gasteiger partial charge in [-0.3, -0.25) is 9.59 Å². The molecule has 67 heavy (non-hydrogen) atoms. The van der Waals surface area contributed by atoms with Crippen LogP contribution in [0.5, 0.6) is 0 Å². The minimum atomic E-state index is -1.63. The summed E-state index contributed by atoms with van der Waals surface area (Å²) in [6, 6.07) is 0. The lowest BCUT2D eigenvalue weighted by Crippen LogP contribution is -2.44. The number of carboxylic acid groups (broad SMARTS) is 1. The fourth-order valence-electron chi connectivity index (χ4n) is 7.04. The Balaban J connectivity index is 4.36. The van der Waals surface area contributed by atoms with Crippen LogP contribution in [-0.2, 0) is 33.3 Å². The fourth-order valence-corrected chi connectivity index (χ4v) is 7.04. The van der Waals surface area contributed by atoms with Gasteiger partial charge in [0, 0.05) is 12.8 Å². The van der Waals surface area contributed by atoms with Crippen molar-refractivity contribution in [2.45, 2.75) is 219 Å². The van der Waals surface area contributed by atoms with Gasteiger partial charge in [0.2, 0.25) is 0 Å². The van der Waals surface area contributed by atoms with Gasteiger partial charge < -0.3 is 33.3 Å². The summed E-state index contributed by atoms with van der Waals surface area (Å²) in [5.74, 6) is -2.31. The van der Waals surface area contributed by atoms with Crippen LogP contribution >= 0.6 is 0 Å². The van der Waals surface area contributed by atoms with Gasteiger partial charge >= 0.3 is 11.9 Å². The second kappa shape index (κ2) is 48.9. The molecule has 384 valence electrons. The van der Waals surface area contributed by atoms with Gasteiger partial charge in [-0.25, -0.2) is 0 Å². The predicted octanol–water partition coefficient (Wildman–Crippen LogP) is 13.9. The van der Waals surface area contributed by atoms with Crippen molar-refractivity contribution in [1.29, 1.82) is 0 Å². The van der Waals surface area contributed by atoms with Crippen LogP contribution < -0.4 is 5.11 Å². The molecule has 2 unspecified atom stereocenters. The number of likely N-dealkylation sites (N-methyl/N-ethyl adjacent to an activating group) is 1. The Morgan fingerprint density at radius 2 is 0.851 bits per heavy atom. The minimum absolute atomic E-state index is 0.140. The Kier molecular flexibility index (Phi) is 46.3. The lowest BCUT2D eigenvalue weighted by molar-refractivity contribution is -0.870. The molecule has 0 aromatic carbocycles. The maximum atomic E-state index is 12.8. The Morgan fingerprint density at radius 3 is 1.27 bits per heavy atom. The molecule has 0 aromatic heterocycles. The van der Waals surface area contributed by atoms with Gasteiger partial charge in [-0.1, -0.05) is 208 Å². The summed E-state index contributed by atoms with van der Waals surface area (Å²) in [5, 5.41) is 11.7. The third-order valence-electron chi connectivity index (χ3n) is 11.2. The van der Waals surface area contributed by atoms with E-state index in [2.05, 4.69) is 98.9 Å². The molecule has 0 aromatic rings. The molecule has 0 heterocycles. The van der Waals surface area contributed by atoms with Crippen LogP contribution in [0.15, 0.2) is 85.1 Å². The number of unbranched alkanes of at least 4 members (excludes halogenated alkanes) is 19. The molecular weight excluding hydrogens is 839 g/mol. The zero-order chi connectivity index (χ0) is 49.2. The monoisotopic (exact) mass is 938 g/mol. The summed E-state index contributed by atoms with van der Waals surface area (Å²) < 4.78 is 22.6. The summed E-state index contributed by atoms with van der Waals surface area (Å²) in [6.07, 6.45) is 60.4. The standard InChI is InChI=1S/C58H99NO8/c1-6-8-10-12-14-16-18-20-22-23-24-25-26-27-28-29-30-31-32-33-35-37-39-41-43-45-47-49-56(61)67-54(53-66-58(57(62)63)64-51-50-59(3,4)5)52-65-55(60)48-46-44-42-40-38-36-34-21-19-17-15-13-11-9-7-2/h8,10,14,16,20,22,24-25,27-28,30-31,33,35,54,58H,6-7,9,11-13,15,17-19,21,23,26,29,32,34,36-53H2,1-5H3/b10-8-,16-14-,22-20-,25-24-,28-27-,31-30-,35-33-. The number of rotatable bonds is 48. The maximum absolute atomic E-state index is 12.8. The predicted molar refractivity (Wildman–Crippen MR) is 278 cm³/mol. The van der Waals surface area contributed by atoms with E-state index in [-0.39, 0.29) is 38.6 Å². The molecule has 0 N–H and O–H groups in total. The molecule has 2 atom stereocenters. The summed E-state index contributed by atoms with van der Waals surface area (Å²) in [5.41, 5.74) is 0. The first-order chi connectivity index (χ1) is 32.6. The molecule has 0 amide bonds. The molecule has 0 spiro atoms. The van der Waals surface area contributed by atoms with Crippen LogP contribution in [-0.4, -0.2) is 82.3 Å². The average molecular weight is 938 g/mol. The van der Waals surface area contributed by atoms with Crippen LogP contribution in [0, 0.1) is 0 Å². The molecule has 0 saturated carbocycles. The number of esters is 2. The first-order valence-corrected chi connectivity index (χ1v) is 26.7. The number of carbonyl (C=O) groups excluding carboxylic acids is 3. The Labute approximate surface area is 410 Å². The quantitative estimate of drug-likeness (QED) is 0.0195. The highest BCUT2D eigenvalue weighted by Crippen LogP contribution is 2.15. The number of nitrogens with zero attached hydrogens (tertiary/aromatic N) is 1. The van der Waals surface area contributed by atoms with Crippen LogP contribution in [0.1, 0.15) is 206 Å². The topological polar surface area (TPSA) is 111 Å². The van der Waals surface area contributed by atoms with Gasteiger partial charge in [-0.15, -0.1) is 0 Å². The molecule has 0 fully saturated rings. The third-order valence-corrected chi connectivity index (χ3v) is 11.2. The van der Waals surface area contributed by atoms with E-state index in [1.165, 1.54) is 77.0 Å². The summed E-state index contributed by atoms with van der Waals surface area (Å²) in [6.45, 7) is 4.61. The number of ether oxygens (including phenoxy) is 4. The van der Waals surface area contributed by atoms with Gasteiger partial charge in [0.15, 0.2) is 12.4 Å². The van der Waals surface area contributed by atoms with E-state index >= 15 is 0 Å². The number of hydrogen-bond acceptors (Lipinski definition) is 8. The normalized spacial score (nSPS) is 13.5. The lowest BCUT2D eigenvalue weighted by atomic mass is 10.0. The van der Waals surface area contributed by atoms with Crippen molar-refractivity contribution in [3.63, 3.8) is 0 Å². The van der Waals surface area contributed by atoms with Crippen molar-refractivity contribution in [1.82, 2.24) is 0 Å². The molecule has 0 aliphatic carbocycles. The van der Waals surface area contributed by atoms with E-state index in [1.807, 2.05) is 21.1 Å². The number of allylic oxidation sites excluding steroid dienone is 14. The van der Waals surface area contributed by atoms with E-state index in [1.54, 1.807) is 0 Å². The SMILES string of the molecule is CC/C=C\C/C=C\C/C=C\C/C=C\C/C=C\C/C=C\C/C=C\CCCCCCCC(=O)OC(COC(=O)CCCCCCCCCCCCCCCCC)COC(OCC[N+](C)(C)C)C(=O)[O-]. The maximum Gasteiger partial charge on any atom is 0.306 e. The van der Waals surface area contributed by atoms with Crippen LogP contribution in [0.25, 0.3) is 0 Å². The number of aliphatic carboxylic acids is 1. The Morgan fingerprint density at radius 1 is 0.463 bits per heavy atom. The minimum Gasteiger partial charge on any atom is -0.545 e. The first-order valence-electron chi connectivity index (χ1n) is 26.7. The highest BCUT2D eigenvalue weighted by Gasteiger charge is 2.22. The Bertz CT molecular complexity index is 1370. The lowest BCUT2D eigenvalue weighted by Gasteiger charge is -2.26. The van der Waals surface area contributed by atoms with Gasteiger partial charge in [-0.05, 0) is 70.6 Å². The van der Waals surface area contributed by atoms with Gasteiger partial charge in [0.1, 0.15) is 13.2 Å². The molecule has 9 nitrogen and oxygen atoms in total. The molecule has 0 saturated heterocycles. The highest BCUT2D eigenvalue weighted by atomic mass is 16.7. The summed E-state index contributed by atoms with van der Waals surface area (Å²) in [7, 11) is 5.90. The highest BCUT2D eigenvalue weighted by molar-refractivity contribution is 5.70. The van der Waals surface area contributed by atoms with Gasteiger partial charge in [0.05, 0.1) is 40.3 Å². The second-order valence-electron chi connectivity index (χ2n) is 18.8. The van der Waals surface area contributed by atoms with E-state index in [0.717, 1.165) is 96.3 Å². The van der Waals surface area contributed by atoms with E-state index in [9.17, 15) is 19.5 Å². The summed E-state index contributed by atoms with van der Waals surface area (Å²) >= 11 is 0. The molecule has 0 bridgehead atoms. The van der Waals surface area contributed by atoms with Crippen molar-refractivity contribution in [2.75, 3.05) is 47.5 Å².